The molecule has 1 saturated carbocycles. The summed E-state index contributed by atoms with van der Waals surface area (Å²) in [5, 5.41) is 13.5. The Morgan fingerprint density at radius 1 is 1.67 bits per heavy atom. The third-order valence-electron chi connectivity index (χ3n) is 2.62. The molecule has 1 aliphatic rings. The molecule has 0 saturated heterocycles. The summed E-state index contributed by atoms with van der Waals surface area (Å²) in [6.07, 6.45) is 2.19. The van der Waals surface area contributed by atoms with Crippen LogP contribution in [-0.4, -0.2) is 35.7 Å². The smallest absolute Gasteiger partial charge is 0.317 e. The van der Waals surface area contributed by atoms with Crippen molar-refractivity contribution >= 4 is 17.4 Å². The standard InChI is InChI=1S/C13H16N2O2S/c1-15(13(17)14-11-4-5-11)8-10-7-12(18-9-10)3-2-6-16/h7,9,11,16H,4-6,8H2,1H3,(H,14,17). The van der Waals surface area contributed by atoms with Crippen LogP contribution in [0.5, 0.6) is 0 Å². The first kappa shape index (κ1) is 12.9. The molecular weight excluding hydrogens is 248 g/mol. The van der Waals surface area contributed by atoms with E-state index in [9.17, 15) is 4.79 Å². The topological polar surface area (TPSA) is 52.6 Å². The van der Waals surface area contributed by atoms with Crippen LogP contribution in [0.4, 0.5) is 4.79 Å². The number of thiophene rings is 1. The summed E-state index contributed by atoms with van der Waals surface area (Å²) in [5.74, 6) is 5.47. The Hall–Kier alpha value is -1.51. The largest absolute Gasteiger partial charge is 0.384 e. The Kier molecular flexibility index (Phi) is 4.24. The molecule has 0 aromatic carbocycles. The second-order valence-corrected chi connectivity index (χ2v) is 5.27. The number of carbonyl (C=O) groups is 1. The van der Waals surface area contributed by atoms with Gasteiger partial charge < -0.3 is 15.3 Å². The summed E-state index contributed by atoms with van der Waals surface area (Å²) in [4.78, 5) is 14.3. The van der Waals surface area contributed by atoms with Gasteiger partial charge in [0.1, 0.15) is 6.61 Å². The molecule has 1 heterocycles. The zero-order valence-electron chi connectivity index (χ0n) is 10.3. The van der Waals surface area contributed by atoms with Gasteiger partial charge in [-0.25, -0.2) is 4.79 Å². The first-order valence-corrected chi connectivity index (χ1v) is 6.76. The van der Waals surface area contributed by atoms with Gasteiger partial charge in [-0.05, 0) is 29.9 Å². The first-order valence-electron chi connectivity index (χ1n) is 5.88. The number of hydrogen-bond acceptors (Lipinski definition) is 3. The molecule has 0 spiro atoms. The summed E-state index contributed by atoms with van der Waals surface area (Å²) in [5.41, 5.74) is 1.07. The predicted molar refractivity (Wildman–Crippen MR) is 71.3 cm³/mol. The van der Waals surface area contributed by atoms with Gasteiger partial charge in [0, 0.05) is 19.6 Å². The third-order valence-corrected chi connectivity index (χ3v) is 3.51. The maximum absolute atomic E-state index is 11.7. The van der Waals surface area contributed by atoms with Crippen LogP contribution in [0, 0.1) is 11.8 Å². The van der Waals surface area contributed by atoms with Crippen LogP contribution < -0.4 is 5.32 Å². The van der Waals surface area contributed by atoms with Gasteiger partial charge in [-0.1, -0.05) is 11.8 Å². The highest BCUT2D eigenvalue weighted by Crippen LogP contribution is 2.19. The summed E-state index contributed by atoms with van der Waals surface area (Å²) in [6, 6.07) is 2.31. The van der Waals surface area contributed by atoms with Gasteiger partial charge >= 0.3 is 6.03 Å². The van der Waals surface area contributed by atoms with E-state index in [-0.39, 0.29) is 12.6 Å². The summed E-state index contributed by atoms with van der Waals surface area (Å²) in [7, 11) is 1.79. The highest BCUT2D eigenvalue weighted by molar-refractivity contribution is 7.10. The molecule has 5 heteroatoms. The summed E-state index contributed by atoms with van der Waals surface area (Å²) >= 11 is 1.53. The fraction of sp³-hybridized carbons (Fsp3) is 0.462. The molecule has 1 fully saturated rings. The molecule has 96 valence electrons. The Balaban J connectivity index is 1.87. The molecule has 0 unspecified atom stereocenters. The van der Waals surface area contributed by atoms with Crippen LogP contribution in [0.3, 0.4) is 0 Å². The molecule has 2 N–H and O–H groups in total. The Morgan fingerprint density at radius 3 is 3.11 bits per heavy atom. The number of aliphatic hydroxyl groups excluding tert-OH is 1. The summed E-state index contributed by atoms with van der Waals surface area (Å²) in [6.45, 7) is 0.451. The Bertz CT molecular complexity index is 483. The molecule has 4 nitrogen and oxygen atoms in total. The van der Waals surface area contributed by atoms with Crippen molar-refractivity contribution in [2.45, 2.75) is 25.4 Å². The van der Waals surface area contributed by atoms with Crippen molar-refractivity contribution in [2.24, 2.45) is 0 Å². The molecule has 0 aliphatic heterocycles. The van der Waals surface area contributed by atoms with E-state index in [0.29, 0.717) is 12.6 Å². The number of nitrogens with one attached hydrogen (secondary N) is 1. The van der Waals surface area contributed by atoms with E-state index in [1.807, 2.05) is 11.4 Å². The van der Waals surface area contributed by atoms with E-state index in [2.05, 4.69) is 17.2 Å². The van der Waals surface area contributed by atoms with E-state index in [4.69, 9.17) is 5.11 Å². The second-order valence-electron chi connectivity index (χ2n) is 4.36. The number of hydrogen-bond donors (Lipinski definition) is 2. The molecular formula is C13H16N2O2S. The van der Waals surface area contributed by atoms with Crippen LogP contribution in [0.2, 0.25) is 0 Å². The van der Waals surface area contributed by atoms with E-state index in [1.54, 1.807) is 11.9 Å². The van der Waals surface area contributed by atoms with Crippen molar-refractivity contribution in [3.8, 4) is 11.8 Å². The third kappa shape index (κ3) is 3.76. The Labute approximate surface area is 111 Å². The Morgan fingerprint density at radius 2 is 2.44 bits per heavy atom. The monoisotopic (exact) mass is 264 g/mol. The minimum absolute atomic E-state index is 0.0216. The lowest BCUT2D eigenvalue weighted by atomic mass is 10.3. The minimum Gasteiger partial charge on any atom is -0.384 e. The second kappa shape index (κ2) is 5.89. The van der Waals surface area contributed by atoms with Crippen molar-refractivity contribution in [1.82, 2.24) is 10.2 Å². The maximum atomic E-state index is 11.7. The van der Waals surface area contributed by atoms with Crippen molar-refractivity contribution in [1.29, 1.82) is 0 Å². The van der Waals surface area contributed by atoms with Gasteiger partial charge in [-0.15, -0.1) is 11.3 Å². The fourth-order valence-corrected chi connectivity index (χ4v) is 2.28. The highest BCUT2D eigenvalue weighted by atomic mass is 32.1. The van der Waals surface area contributed by atoms with Gasteiger partial charge in [0.2, 0.25) is 0 Å². The zero-order chi connectivity index (χ0) is 13.0. The van der Waals surface area contributed by atoms with Crippen LogP contribution >= 0.6 is 11.3 Å². The number of amides is 2. The average molecular weight is 264 g/mol. The molecule has 18 heavy (non-hydrogen) atoms. The van der Waals surface area contributed by atoms with Crippen LogP contribution in [0.1, 0.15) is 23.3 Å². The molecule has 2 amide bonds. The quantitative estimate of drug-likeness (QED) is 0.811. The van der Waals surface area contributed by atoms with E-state index in [1.165, 1.54) is 11.3 Å². The number of nitrogens with zero attached hydrogens (tertiary/aromatic N) is 1. The molecule has 0 bridgehead atoms. The van der Waals surface area contributed by atoms with Crippen molar-refractivity contribution in [2.75, 3.05) is 13.7 Å². The van der Waals surface area contributed by atoms with Crippen molar-refractivity contribution in [3.05, 3.63) is 21.9 Å². The van der Waals surface area contributed by atoms with Crippen molar-refractivity contribution in [3.63, 3.8) is 0 Å². The molecule has 1 aromatic rings. The van der Waals surface area contributed by atoms with Crippen LogP contribution in [-0.2, 0) is 6.54 Å². The summed E-state index contributed by atoms with van der Waals surface area (Å²) < 4.78 is 0. The van der Waals surface area contributed by atoms with E-state index in [0.717, 1.165) is 23.3 Å². The highest BCUT2D eigenvalue weighted by Gasteiger charge is 2.24. The predicted octanol–water partition coefficient (Wildman–Crippen LogP) is 1.40. The van der Waals surface area contributed by atoms with Gasteiger partial charge in [0.25, 0.3) is 0 Å². The normalized spacial score (nSPS) is 13.7. The molecule has 1 aromatic heterocycles. The molecule has 1 aliphatic carbocycles. The maximum Gasteiger partial charge on any atom is 0.317 e. The van der Waals surface area contributed by atoms with E-state index >= 15 is 0 Å². The minimum atomic E-state index is -0.128. The lowest BCUT2D eigenvalue weighted by Crippen LogP contribution is -2.37. The van der Waals surface area contributed by atoms with Gasteiger partial charge in [-0.2, -0.15) is 0 Å². The SMILES string of the molecule is CN(Cc1csc(C#CCO)c1)C(=O)NC1CC1. The fourth-order valence-electron chi connectivity index (χ4n) is 1.51. The number of carbonyl (C=O) groups excluding carboxylic acids is 1. The van der Waals surface area contributed by atoms with Crippen LogP contribution in [0.15, 0.2) is 11.4 Å². The van der Waals surface area contributed by atoms with E-state index < -0.39 is 0 Å². The van der Waals surface area contributed by atoms with Crippen LogP contribution in [0.25, 0.3) is 0 Å². The lowest BCUT2D eigenvalue weighted by molar-refractivity contribution is 0.206. The van der Waals surface area contributed by atoms with Gasteiger partial charge in [-0.3, -0.25) is 0 Å². The molecule has 0 radical (unpaired) electrons. The molecule has 0 atom stereocenters. The molecule has 2 rings (SSSR count). The number of urea groups is 1. The lowest BCUT2D eigenvalue weighted by Gasteiger charge is -2.16. The number of rotatable bonds is 3. The van der Waals surface area contributed by atoms with Crippen molar-refractivity contribution < 1.29 is 9.90 Å². The average Bonchev–Trinajstić information content (AvgIpc) is 3.05. The number of aliphatic hydroxyl groups is 1. The zero-order valence-corrected chi connectivity index (χ0v) is 11.1. The van der Waals surface area contributed by atoms with Gasteiger partial charge in [0.15, 0.2) is 0 Å². The van der Waals surface area contributed by atoms with Gasteiger partial charge in [0.05, 0.1) is 4.88 Å². The first-order chi connectivity index (χ1) is 8.69.